The molecule has 0 aromatic carbocycles. The van der Waals surface area contributed by atoms with Gasteiger partial charge in [0.25, 0.3) is 0 Å². The van der Waals surface area contributed by atoms with Gasteiger partial charge in [0.05, 0.1) is 15.9 Å². The number of hydrogen-bond acceptors (Lipinski definition) is 4. The fourth-order valence-electron chi connectivity index (χ4n) is 0.494. The van der Waals surface area contributed by atoms with E-state index in [2.05, 4.69) is 9.84 Å². The number of hydrogen-bond donors (Lipinski definition) is 2. The van der Waals surface area contributed by atoms with E-state index in [1.165, 1.54) is 6.92 Å². The van der Waals surface area contributed by atoms with E-state index in [1.54, 1.807) is 0 Å². The Kier molecular flexibility index (Phi) is 5.58. The Hall–Kier alpha value is -0.670. The van der Waals surface area contributed by atoms with Crippen LogP contribution in [0.1, 0.15) is 13.3 Å². The molecule has 0 aliphatic heterocycles. The van der Waals surface area contributed by atoms with Crippen LogP contribution < -0.4 is 5.32 Å². The number of carbonyl (C=O) groups excluding carboxylic acids is 2. The Morgan fingerprint density at radius 1 is 1.67 bits per heavy atom. The molecule has 0 aliphatic rings. The standard InChI is InChI=1S/C6H12NO4P/c1-4(8)6(10)7-3-2-5(9)11-12/h4,8H,2-3,12H2,1H3,(H,7,10)/t4-/m0/s1. The molecule has 0 fully saturated rings. The van der Waals surface area contributed by atoms with Gasteiger partial charge >= 0.3 is 5.97 Å². The minimum Gasteiger partial charge on any atom is -0.451 e. The average molecular weight is 193 g/mol. The number of amides is 1. The monoisotopic (exact) mass is 193 g/mol. The third-order valence-corrected chi connectivity index (χ3v) is 1.40. The summed E-state index contributed by atoms with van der Waals surface area (Å²) < 4.78 is 4.26. The Labute approximate surface area is 72.8 Å². The van der Waals surface area contributed by atoms with Gasteiger partial charge in [-0.25, -0.2) is 0 Å². The SMILES string of the molecule is C[C@H](O)C(=O)NCCC(=O)OP. The maximum absolute atomic E-state index is 10.7. The predicted octanol–water partition coefficient (Wildman–Crippen LogP) is -0.793. The van der Waals surface area contributed by atoms with E-state index in [0.717, 1.165) is 0 Å². The average Bonchev–Trinajstić information content (AvgIpc) is 2.03. The molecule has 0 rings (SSSR count). The highest BCUT2D eigenvalue weighted by Gasteiger charge is 2.08. The summed E-state index contributed by atoms with van der Waals surface area (Å²) >= 11 is 0. The lowest BCUT2D eigenvalue weighted by molar-refractivity contribution is -0.133. The van der Waals surface area contributed by atoms with Gasteiger partial charge in [-0.15, -0.1) is 0 Å². The van der Waals surface area contributed by atoms with E-state index < -0.39 is 18.0 Å². The highest BCUT2D eigenvalue weighted by molar-refractivity contribution is 7.10. The Bertz CT molecular complexity index is 171. The van der Waals surface area contributed by atoms with Gasteiger partial charge in [0, 0.05) is 6.54 Å². The Morgan fingerprint density at radius 3 is 2.67 bits per heavy atom. The second kappa shape index (κ2) is 5.91. The van der Waals surface area contributed by atoms with Gasteiger partial charge in [-0.3, -0.25) is 9.59 Å². The van der Waals surface area contributed by atoms with E-state index in [1.807, 2.05) is 9.47 Å². The minimum absolute atomic E-state index is 0.0992. The highest BCUT2D eigenvalue weighted by Crippen LogP contribution is 1.90. The molecule has 12 heavy (non-hydrogen) atoms. The molecule has 0 aliphatic carbocycles. The topological polar surface area (TPSA) is 75.6 Å². The normalized spacial score (nSPS) is 11.9. The zero-order valence-corrected chi connectivity index (χ0v) is 7.90. The first-order valence-electron chi connectivity index (χ1n) is 3.43. The van der Waals surface area contributed by atoms with E-state index in [4.69, 9.17) is 5.11 Å². The summed E-state index contributed by atoms with van der Waals surface area (Å²) in [6.45, 7) is 1.53. The number of aliphatic hydroxyl groups excluding tert-OH is 1. The Balaban J connectivity index is 3.44. The van der Waals surface area contributed by atoms with Crippen molar-refractivity contribution in [3.63, 3.8) is 0 Å². The van der Waals surface area contributed by atoms with Gasteiger partial charge in [-0.1, -0.05) is 0 Å². The summed E-state index contributed by atoms with van der Waals surface area (Å²) in [5, 5.41) is 11.1. The smallest absolute Gasteiger partial charge is 0.309 e. The predicted molar refractivity (Wildman–Crippen MR) is 45.1 cm³/mol. The zero-order chi connectivity index (χ0) is 9.56. The van der Waals surface area contributed by atoms with E-state index in [0.29, 0.717) is 0 Å². The van der Waals surface area contributed by atoms with Crippen molar-refractivity contribution in [1.82, 2.24) is 5.32 Å². The molecule has 5 nitrogen and oxygen atoms in total. The van der Waals surface area contributed by atoms with Crippen molar-refractivity contribution in [2.75, 3.05) is 6.54 Å². The van der Waals surface area contributed by atoms with Gasteiger partial charge in [-0.2, -0.15) is 0 Å². The van der Waals surface area contributed by atoms with Gasteiger partial charge in [-0.05, 0) is 6.92 Å². The zero-order valence-electron chi connectivity index (χ0n) is 6.74. The van der Waals surface area contributed by atoms with Crippen LogP contribution in [0.3, 0.4) is 0 Å². The minimum atomic E-state index is -1.04. The molecular formula is C6H12NO4P. The molecule has 70 valence electrons. The number of rotatable bonds is 4. The summed E-state index contributed by atoms with van der Waals surface area (Å²) in [6.07, 6.45) is -0.945. The van der Waals surface area contributed by atoms with Crippen LogP contribution in [-0.4, -0.2) is 29.6 Å². The van der Waals surface area contributed by atoms with Crippen LogP contribution >= 0.6 is 9.47 Å². The molecule has 0 bridgehead atoms. The van der Waals surface area contributed by atoms with Crippen LogP contribution in [0.4, 0.5) is 0 Å². The van der Waals surface area contributed by atoms with Crippen molar-refractivity contribution in [1.29, 1.82) is 0 Å². The first-order chi connectivity index (χ1) is 5.57. The molecule has 1 unspecified atom stereocenters. The lowest BCUT2D eigenvalue weighted by Crippen LogP contribution is -2.33. The first kappa shape index (κ1) is 11.3. The highest BCUT2D eigenvalue weighted by atomic mass is 31.0. The van der Waals surface area contributed by atoms with Crippen LogP contribution in [0, 0.1) is 0 Å². The first-order valence-corrected chi connectivity index (χ1v) is 3.90. The second-order valence-corrected chi connectivity index (χ2v) is 2.44. The fourth-order valence-corrected chi connectivity index (χ4v) is 0.612. The molecule has 0 saturated heterocycles. The molecule has 1 amide bonds. The van der Waals surface area contributed by atoms with Crippen LogP contribution in [-0.2, 0) is 14.1 Å². The van der Waals surface area contributed by atoms with Crippen molar-refractivity contribution in [2.45, 2.75) is 19.4 Å². The molecule has 0 aromatic rings. The number of carbonyl (C=O) groups is 2. The quantitative estimate of drug-likeness (QED) is 0.573. The summed E-state index contributed by atoms with van der Waals surface area (Å²) in [5.74, 6) is -0.919. The van der Waals surface area contributed by atoms with Crippen molar-refractivity contribution < 1.29 is 19.2 Å². The maximum atomic E-state index is 10.7. The summed E-state index contributed by atoms with van der Waals surface area (Å²) in [4.78, 5) is 21.2. The summed E-state index contributed by atoms with van der Waals surface area (Å²) in [7, 11) is 1.82. The van der Waals surface area contributed by atoms with E-state index in [-0.39, 0.29) is 13.0 Å². The van der Waals surface area contributed by atoms with Crippen LogP contribution in [0.5, 0.6) is 0 Å². The lowest BCUT2D eigenvalue weighted by Gasteiger charge is -2.05. The molecule has 2 N–H and O–H groups in total. The summed E-state index contributed by atoms with van der Waals surface area (Å²) in [5.41, 5.74) is 0. The molecule has 0 aromatic heterocycles. The molecule has 6 heteroatoms. The number of nitrogens with one attached hydrogen (secondary N) is 1. The van der Waals surface area contributed by atoms with Crippen LogP contribution in [0.15, 0.2) is 0 Å². The van der Waals surface area contributed by atoms with Crippen molar-refractivity contribution >= 4 is 21.3 Å². The van der Waals surface area contributed by atoms with Crippen molar-refractivity contribution in [2.24, 2.45) is 0 Å². The van der Waals surface area contributed by atoms with Gasteiger partial charge in [0.2, 0.25) is 5.91 Å². The fraction of sp³-hybridized carbons (Fsp3) is 0.667. The Morgan fingerprint density at radius 2 is 2.25 bits per heavy atom. The van der Waals surface area contributed by atoms with Gasteiger partial charge in [0.1, 0.15) is 6.10 Å². The molecule has 0 radical (unpaired) electrons. The van der Waals surface area contributed by atoms with Crippen LogP contribution in [0.25, 0.3) is 0 Å². The van der Waals surface area contributed by atoms with Crippen molar-refractivity contribution in [3.05, 3.63) is 0 Å². The summed E-state index contributed by atoms with van der Waals surface area (Å²) in [6, 6.07) is 0. The van der Waals surface area contributed by atoms with E-state index in [9.17, 15) is 9.59 Å². The van der Waals surface area contributed by atoms with Gasteiger partial charge in [0.15, 0.2) is 0 Å². The molecule has 0 heterocycles. The largest absolute Gasteiger partial charge is 0.451 e. The third kappa shape index (κ3) is 5.04. The molecule has 0 spiro atoms. The lowest BCUT2D eigenvalue weighted by atomic mass is 10.3. The number of aliphatic hydroxyl groups is 1. The molecule has 0 saturated carbocycles. The second-order valence-electron chi connectivity index (χ2n) is 2.21. The van der Waals surface area contributed by atoms with Crippen molar-refractivity contribution in [3.8, 4) is 0 Å². The molecular weight excluding hydrogens is 181 g/mol. The van der Waals surface area contributed by atoms with E-state index >= 15 is 0 Å². The van der Waals surface area contributed by atoms with Gasteiger partial charge < -0.3 is 14.9 Å². The molecule has 2 atom stereocenters. The third-order valence-electron chi connectivity index (χ3n) is 1.14. The van der Waals surface area contributed by atoms with Crippen LogP contribution in [0.2, 0.25) is 0 Å². The maximum Gasteiger partial charge on any atom is 0.309 e.